The fourth-order valence-corrected chi connectivity index (χ4v) is 2.00. The molecule has 70 valence electrons. The van der Waals surface area contributed by atoms with E-state index in [4.69, 9.17) is 27.9 Å². The zero-order chi connectivity index (χ0) is 8.97. The molecule has 0 aromatic rings. The second-order valence-corrected chi connectivity index (χ2v) is 3.77. The lowest BCUT2D eigenvalue weighted by atomic mass is 9.89. The number of allylic oxidation sites excluding steroid dienone is 1. The van der Waals surface area contributed by atoms with Crippen LogP contribution in [0.3, 0.4) is 0 Å². The van der Waals surface area contributed by atoms with Crippen LogP contribution in [0.15, 0.2) is 11.6 Å². The molecule has 2 unspecified atom stereocenters. The zero-order valence-corrected chi connectivity index (χ0v) is 8.74. The molecule has 0 radical (unpaired) electrons. The monoisotopic (exact) mass is 208 g/mol. The molecule has 0 saturated carbocycles. The third-order valence-electron chi connectivity index (χ3n) is 2.23. The van der Waals surface area contributed by atoms with Gasteiger partial charge in [0.2, 0.25) is 0 Å². The molecule has 2 atom stereocenters. The van der Waals surface area contributed by atoms with Crippen molar-refractivity contribution in [1.82, 2.24) is 0 Å². The lowest BCUT2D eigenvalue weighted by Crippen LogP contribution is -2.21. The lowest BCUT2D eigenvalue weighted by molar-refractivity contribution is 0.113. The van der Waals surface area contributed by atoms with Gasteiger partial charge in [-0.2, -0.15) is 0 Å². The Balaban J connectivity index is 2.57. The molecule has 0 N–H and O–H groups in total. The molecule has 12 heavy (non-hydrogen) atoms. The van der Waals surface area contributed by atoms with Crippen molar-refractivity contribution in [3.05, 3.63) is 11.6 Å². The number of ether oxygens (including phenoxy) is 1. The summed E-state index contributed by atoms with van der Waals surface area (Å²) in [5, 5.41) is 0. The van der Waals surface area contributed by atoms with Crippen molar-refractivity contribution in [2.45, 2.75) is 18.9 Å². The van der Waals surface area contributed by atoms with E-state index in [-0.39, 0.29) is 6.10 Å². The van der Waals surface area contributed by atoms with Crippen LogP contribution in [0.1, 0.15) is 12.8 Å². The highest BCUT2D eigenvalue weighted by molar-refractivity contribution is 6.19. The number of methoxy groups -OCH3 is 1. The summed E-state index contributed by atoms with van der Waals surface area (Å²) < 4.78 is 5.26. The van der Waals surface area contributed by atoms with Gasteiger partial charge in [0.1, 0.15) is 0 Å². The Morgan fingerprint density at radius 3 is 2.83 bits per heavy atom. The Kier molecular flexibility index (Phi) is 4.41. The molecule has 0 amide bonds. The average Bonchev–Trinajstić information content (AvgIpc) is 2.16. The fourth-order valence-electron chi connectivity index (χ4n) is 1.56. The van der Waals surface area contributed by atoms with Crippen molar-refractivity contribution in [2.24, 2.45) is 5.92 Å². The predicted molar refractivity (Wildman–Crippen MR) is 53.0 cm³/mol. The summed E-state index contributed by atoms with van der Waals surface area (Å²) in [5.74, 6) is 1.84. The summed E-state index contributed by atoms with van der Waals surface area (Å²) in [6.45, 7) is 0. The van der Waals surface area contributed by atoms with Crippen LogP contribution in [0, 0.1) is 5.92 Å². The first-order valence-corrected chi connectivity index (χ1v) is 5.21. The molecule has 0 saturated heterocycles. The first kappa shape index (κ1) is 10.4. The van der Waals surface area contributed by atoms with Gasteiger partial charge in [-0.05, 0) is 18.8 Å². The molecule has 0 heterocycles. The van der Waals surface area contributed by atoms with Gasteiger partial charge in [-0.15, -0.1) is 23.2 Å². The molecule has 0 aliphatic heterocycles. The van der Waals surface area contributed by atoms with Gasteiger partial charge in [-0.1, -0.05) is 11.6 Å². The van der Waals surface area contributed by atoms with E-state index in [1.165, 1.54) is 5.57 Å². The molecule has 0 aromatic carbocycles. The molecule has 0 aromatic heterocycles. The van der Waals surface area contributed by atoms with Crippen molar-refractivity contribution in [1.29, 1.82) is 0 Å². The van der Waals surface area contributed by atoms with Gasteiger partial charge in [0.05, 0.1) is 6.10 Å². The molecule has 0 fully saturated rings. The maximum absolute atomic E-state index is 5.80. The van der Waals surface area contributed by atoms with Gasteiger partial charge in [-0.25, -0.2) is 0 Å². The summed E-state index contributed by atoms with van der Waals surface area (Å²) >= 11 is 11.6. The fraction of sp³-hybridized carbons (Fsp3) is 0.778. The van der Waals surface area contributed by atoms with E-state index >= 15 is 0 Å². The topological polar surface area (TPSA) is 9.23 Å². The van der Waals surface area contributed by atoms with Crippen LogP contribution in [0.5, 0.6) is 0 Å². The smallest absolute Gasteiger partial charge is 0.0758 e. The summed E-state index contributed by atoms with van der Waals surface area (Å²) in [4.78, 5) is 0. The third kappa shape index (κ3) is 2.65. The zero-order valence-electron chi connectivity index (χ0n) is 7.22. The molecular formula is C9H14Cl2O. The highest BCUT2D eigenvalue weighted by Gasteiger charge is 2.20. The molecule has 1 aliphatic rings. The summed E-state index contributed by atoms with van der Waals surface area (Å²) in [6, 6.07) is 0. The molecule has 1 nitrogen and oxygen atoms in total. The van der Waals surface area contributed by atoms with Crippen LogP contribution in [0.4, 0.5) is 0 Å². The van der Waals surface area contributed by atoms with Gasteiger partial charge >= 0.3 is 0 Å². The van der Waals surface area contributed by atoms with Crippen molar-refractivity contribution in [2.75, 3.05) is 18.9 Å². The summed E-state index contributed by atoms with van der Waals surface area (Å²) in [7, 11) is 1.73. The van der Waals surface area contributed by atoms with Crippen molar-refractivity contribution >= 4 is 23.2 Å². The number of rotatable bonds is 3. The average molecular weight is 209 g/mol. The Bertz CT molecular complexity index is 168. The van der Waals surface area contributed by atoms with Gasteiger partial charge in [0.15, 0.2) is 0 Å². The summed E-state index contributed by atoms with van der Waals surface area (Å²) in [5.41, 5.74) is 1.26. The van der Waals surface area contributed by atoms with E-state index in [1.54, 1.807) is 7.11 Å². The van der Waals surface area contributed by atoms with E-state index in [2.05, 4.69) is 6.08 Å². The predicted octanol–water partition coefficient (Wildman–Crippen LogP) is 2.82. The highest BCUT2D eigenvalue weighted by Crippen LogP contribution is 2.27. The first-order chi connectivity index (χ1) is 5.80. The largest absolute Gasteiger partial charge is 0.377 e. The lowest BCUT2D eigenvalue weighted by Gasteiger charge is -2.25. The molecule has 0 spiro atoms. The van der Waals surface area contributed by atoms with Crippen molar-refractivity contribution < 1.29 is 4.74 Å². The molecular weight excluding hydrogens is 195 g/mol. The van der Waals surface area contributed by atoms with Crippen molar-refractivity contribution in [3.63, 3.8) is 0 Å². The highest BCUT2D eigenvalue weighted by atomic mass is 35.5. The number of hydrogen-bond acceptors (Lipinski definition) is 1. The third-order valence-corrected chi connectivity index (χ3v) is 3.01. The molecule has 1 rings (SSSR count). The van der Waals surface area contributed by atoms with Gasteiger partial charge in [0.25, 0.3) is 0 Å². The Hall–Kier alpha value is 0.280. The SMILES string of the molecule is COC1C=C(CCl)CC(CCl)C1. The quantitative estimate of drug-likeness (QED) is 0.513. The van der Waals surface area contributed by atoms with Crippen molar-refractivity contribution in [3.8, 4) is 0 Å². The van der Waals surface area contributed by atoms with Crippen LogP contribution in [-0.4, -0.2) is 25.0 Å². The minimum Gasteiger partial charge on any atom is -0.377 e. The number of halogens is 2. The second-order valence-electron chi connectivity index (χ2n) is 3.19. The van der Waals surface area contributed by atoms with Gasteiger partial charge in [-0.3, -0.25) is 0 Å². The van der Waals surface area contributed by atoms with Crippen LogP contribution < -0.4 is 0 Å². The van der Waals surface area contributed by atoms with E-state index < -0.39 is 0 Å². The minimum atomic E-state index is 0.219. The summed E-state index contributed by atoms with van der Waals surface area (Å²) in [6.07, 6.45) is 4.40. The number of alkyl halides is 2. The molecule has 1 aliphatic carbocycles. The Labute approximate surface area is 83.7 Å². The normalized spacial score (nSPS) is 30.1. The van der Waals surface area contributed by atoms with Crippen LogP contribution in [0.2, 0.25) is 0 Å². The standard InChI is InChI=1S/C9H14Cl2O/c1-12-9-3-7(5-10)2-8(4-9)6-11/h3,8-9H,2,4-6H2,1H3. The maximum atomic E-state index is 5.80. The number of hydrogen-bond donors (Lipinski definition) is 0. The van der Waals surface area contributed by atoms with Crippen LogP contribution in [-0.2, 0) is 4.74 Å². The van der Waals surface area contributed by atoms with Crippen LogP contribution >= 0.6 is 23.2 Å². The molecule has 3 heteroatoms. The van der Waals surface area contributed by atoms with E-state index in [1.807, 2.05) is 0 Å². The minimum absolute atomic E-state index is 0.219. The van der Waals surface area contributed by atoms with Gasteiger partial charge in [0, 0.05) is 18.9 Å². The first-order valence-electron chi connectivity index (χ1n) is 4.14. The Morgan fingerprint density at radius 2 is 2.33 bits per heavy atom. The van der Waals surface area contributed by atoms with E-state index in [0.717, 1.165) is 12.8 Å². The van der Waals surface area contributed by atoms with Gasteiger partial charge < -0.3 is 4.74 Å². The second kappa shape index (κ2) is 5.11. The van der Waals surface area contributed by atoms with E-state index in [9.17, 15) is 0 Å². The maximum Gasteiger partial charge on any atom is 0.0758 e. The Morgan fingerprint density at radius 1 is 1.58 bits per heavy atom. The van der Waals surface area contributed by atoms with E-state index in [0.29, 0.717) is 17.7 Å². The molecule has 0 bridgehead atoms. The van der Waals surface area contributed by atoms with Crippen LogP contribution in [0.25, 0.3) is 0 Å².